The number of amides is 1. The molecule has 0 heterocycles. The first kappa shape index (κ1) is 11.5. The second kappa shape index (κ2) is 4.78. The second-order valence-electron chi connectivity index (χ2n) is 4.70. The van der Waals surface area contributed by atoms with Crippen LogP contribution in [0.1, 0.15) is 40.0 Å². The molecule has 0 unspecified atom stereocenters. The van der Waals surface area contributed by atoms with Crippen molar-refractivity contribution in [3.05, 3.63) is 0 Å². The van der Waals surface area contributed by atoms with Gasteiger partial charge in [-0.1, -0.05) is 6.92 Å². The van der Waals surface area contributed by atoms with E-state index in [1.165, 1.54) is 12.8 Å². The number of rotatable bonds is 6. The molecule has 3 nitrogen and oxygen atoms in total. The number of carbonyl (C=O) groups excluding carboxylic acids is 1. The summed E-state index contributed by atoms with van der Waals surface area (Å²) in [6.45, 7) is 7.64. The Balaban J connectivity index is 2.15. The van der Waals surface area contributed by atoms with Crippen LogP contribution in [0, 0.1) is 5.92 Å². The third kappa shape index (κ3) is 3.66. The van der Waals surface area contributed by atoms with E-state index in [0.717, 1.165) is 18.9 Å². The van der Waals surface area contributed by atoms with Gasteiger partial charge < -0.3 is 10.6 Å². The minimum Gasteiger partial charge on any atom is -0.355 e. The molecule has 0 aliphatic heterocycles. The van der Waals surface area contributed by atoms with Crippen molar-refractivity contribution in [1.82, 2.24) is 10.6 Å². The molecule has 1 saturated carbocycles. The topological polar surface area (TPSA) is 41.1 Å². The van der Waals surface area contributed by atoms with Crippen molar-refractivity contribution >= 4 is 5.91 Å². The van der Waals surface area contributed by atoms with Gasteiger partial charge in [0.05, 0.1) is 6.54 Å². The molecule has 1 rings (SSSR count). The average Bonchev–Trinajstić information content (AvgIpc) is 2.94. The van der Waals surface area contributed by atoms with Crippen LogP contribution >= 0.6 is 0 Å². The Bertz CT molecular complexity index is 197. The first-order valence-electron chi connectivity index (χ1n) is 5.58. The van der Waals surface area contributed by atoms with Crippen LogP contribution in [0.5, 0.6) is 0 Å². The highest BCUT2D eigenvalue weighted by Crippen LogP contribution is 2.38. The molecule has 0 radical (unpaired) electrons. The van der Waals surface area contributed by atoms with E-state index in [-0.39, 0.29) is 11.4 Å². The molecule has 1 fully saturated rings. The van der Waals surface area contributed by atoms with Gasteiger partial charge in [0.1, 0.15) is 0 Å². The van der Waals surface area contributed by atoms with E-state index in [4.69, 9.17) is 0 Å². The number of hydrogen-bond acceptors (Lipinski definition) is 2. The average molecular weight is 198 g/mol. The van der Waals surface area contributed by atoms with Crippen LogP contribution in [-0.4, -0.2) is 24.5 Å². The molecule has 1 aliphatic rings. The molecule has 0 aromatic heterocycles. The zero-order chi connectivity index (χ0) is 10.6. The van der Waals surface area contributed by atoms with Gasteiger partial charge in [-0.3, -0.25) is 4.79 Å². The first-order chi connectivity index (χ1) is 6.56. The Kier molecular flexibility index (Phi) is 3.93. The van der Waals surface area contributed by atoms with Gasteiger partial charge in [0, 0.05) is 12.1 Å². The summed E-state index contributed by atoms with van der Waals surface area (Å²) in [5.74, 6) is 0.877. The van der Waals surface area contributed by atoms with Crippen LogP contribution in [0.4, 0.5) is 0 Å². The van der Waals surface area contributed by atoms with Crippen LogP contribution in [0.3, 0.4) is 0 Å². The van der Waals surface area contributed by atoms with Crippen molar-refractivity contribution in [3.63, 3.8) is 0 Å². The molecule has 0 saturated heterocycles. The summed E-state index contributed by atoms with van der Waals surface area (Å²) >= 11 is 0. The lowest BCUT2D eigenvalue weighted by Gasteiger charge is -2.25. The maximum Gasteiger partial charge on any atom is 0.233 e. The van der Waals surface area contributed by atoms with E-state index < -0.39 is 0 Å². The molecule has 3 heteroatoms. The molecule has 0 atom stereocenters. The maximum absolute atomic E-state index is 11.3. The van der Waals surface area contributed by atoms with Crippen LogP contribution in [0.2, 0.25) is 0 Å². The second-order valence-corrected chi connectivity index (χ2v) is 4.70. The van der Waals surface area contributed by atoms with E-state index in [1.54, 1.807) is 0 Å². The summed E-state index contributed by atoms with van der Waals surface area (Å²) in [5.41, 5.74) is 0.129. The fourth-order valence-corrected chi connectivity index (χ4v) is 1.58. The lowest BCUT2D eigenvalue weighted by atomic mass is 9.99. The summed E-state index contributed by atoms with van der Waals surface area (Å²) in [4.78, 5) is 11.3. The molecule has 0 spiro atoms. The molecule has 82 valence electrons. The highest BCUT2D eigenvalue weighted by Gasteiger charge is 2.37. The molecule has 1 amide bonds. The van der Waals surface area contributed by atoms with Crippen molar-refractivity contribution in [2.45, 2.75) is 45.6 Å². The molecule has 2 N–H and O–H groups in total. The summed E-state index contributed by atoms with van der Waals surface area (Å²) in [6, 6.07) is 0. The maximum atomic E-state index is 11.3. The van der Waals surface area contributed by atoms with Crippen LogP contribution in [0.15, 0.2) is 0 Å². The molecule has 14 heavy (non-hydrogen) atoms. The van der Waals surface area contributed by atoms with E-state index in [2.05, 4.69) is 31.4 Å². The van der Waals surface area contributed by atoms with Crippen molar-refractivity contribution in [3.8, 4) is 0 Å². The lowest BCUT2D eigenvalue weighted by Crippen LogP contribution is -2.46. The normalized spacial score (nSPS) is 16.8. The SMILES string of the molecule is CCCNC(=O)CNC(C)(C)C1CC1. The van der Waals surface area contributed by atoms with E-state index >= 15 is 0 Å². The van der Waals surface area contributed by atoms with Gasteiger partial charge in [-0.15, -0.1) is 0 Å². The predicted molar refractivity (Wildman–Crippen MR) is 58.1 cm³/mol. The summed E-state index contributed by atoms with van der Waals surface area (Å²) in [5, 5.41) is 6.18. The highest BCUT2D eigenvalue weighted by atomic mass is 16.1. The minimum atomic E-state index is 0.112. The number of nitrogens with one attached hydrogen (secondary N) is 2. The third-order valence-corrected chi connectivity index (χ3v) is 2.87. The first-order valence-corrected chi connectivity index (χ1v) is 5.58. The molecular formula is C11H22N2O. The quantitative estimate of drug-likeness (QED) is 0.675. The fraction of sp³-hybridized carbons (Fsp3) is 0.909. The van der Waals surface area contributed by atoms with Gasteiger partial charge in [0.2, 0.25) is 5.91 Å². The van der Waals surface area contributed by atoms with Gasteiger partial charge in [0.15, 0.2) is 0 Å². The highest BCUT2D eigenvalue weighted by molar-refractivity contribution is 5.78. The monoisotopic (exact) mass is 198 g/mol. The van der Waals surface area contributed by atoms with E-state index in [0.29, 0.717) is 6.54 Å². The zero-order valence-corrected chi connectivity index (χ0v) is 9.52. The third-order valence-electron chi connectivity index (χ3n) is 2.87. The van der Waals surface area contributed by atoms with Crippen LogP contribution in [-0.2, 0) is 4.79 Å². The Morgan fingerprint density at radius 2 is 2.07 bits per heavy atom. The fourth-order valence-electron chi connectivity index (χ4n) is 1.58. The van der Waals surface area contributed by atoms with Gasteiger partial charge in [-0.2, -0.15) is 0 Å². The summed E-state index contributed by atoms with van der Waals surface area (Å²) < 4.78 is 0. The Labute approximate surface area is 86.6 Å². The van der Waals surface area contributed by atoms with Gasteiger partial charge in [-0.25, -0.2) is 0 Å². The largest absolute Gasteiger partial charge is 0.355 e. The predicted octanol–water partition coefficient (Wildman–Crippen LogP) is 1.29. The van der Waals surface area contributed by atoms with E-state index in [1.807, 2.05) is 0 Å². The smallest absolute Gasteiger partial charge is 0.233 e. The van der Waals surface area contributed by atoms with Gasteiger partial charge >= 0.3 is 0 Å². The molecule has 0 aromatic rings. The Hall–Kier alpha value is -0.570. The van der Waals surface area contributed by atoms with Crippen molar-refractivity contribution in [2.24, 2.45) is 5.92 Å². The number of carbonyl (C=O) groups is 1. The summed E-state index contributed by atoms with van der Waals surface area (Å²) in [6.07, 6.45) is 3.60. The van der Waals surface area contributed by atoms with Gasteiger partial charge in [-0.05, 0) is 39.0 Å². The Morgan fingerprint density at radius 3 is 2.57 bits per heavy atom. The van der Waals surface area contributed by atoms with Crippen molar-refractivity contribution < 1.29 is 4.79 Å². The standard InChI is InChI=1S/C11H22N2O/c1-4-7-12-10(14)8-13-11(2,3)9-5-6-9/h9,13H,4-8H2,1-3H3,(H,12,14). The molecule has 0 aromatic carbocycles. The zero-order valence-electron chi connectivity index (χ0n) is 9.52. The number of hydrogen-bond donors (Lipinski definition) is 2. The molecule has 1 aliphatic carbocycles. The van der Waals surface area contributed by atoms with Crippen molar-refractivity contribution in [1.29, 1.82) is 0 Å². The van der Waals surface area contributed by atoms with Crippen molar-refractivity contribution in [2.75, 3.05) is 13.1 Å². The minimum absolute atomic E-state index is 0.112. The van der Waals surface area contributed by atoms with Gasteiger partial charge in [0.25, 0.3) is 0 Å². The molecular weight excluding hydrogens is 176 g/mol. The van der Waals surface area contributed by atoms with E-state index in [9.17, 15) is 4.79 Å². The lowest BCUT2D eigenvalue weighted by molar-refractivity contribution is -0.120. The summed E-state index contributed by atoms with van der Waals surface area (Å²) in [7, 11) is 0. The van der Waals surface area contributed by atoms with Crippen LogP contribution < -0.4 is 10.6 Å². The molecule has 0 bridgehead atoms. The van der Waals surface area contributed by atoms with Crippen LogP contribution in [0.25, 0.3) is 0 Å². The Morgan fingerprint density at radius 1 is 1.43 bits per heavy atom.